The molecule has 0 aromatic heterocycles. The summed E-state index contributed by atoms with van der Waals surface area (Å²) in [5.41, 5.74) is 1.60. The van der Waals surface area contributed by atoms with E-state index in [0.717, 1.165) is 42.6 Å². The van der Waals surface area contributed by atoms with Crippen LogP contribution in [0.1, 0.15) is 119 Å². The van der Waals surface area contributed by atoms with Crippen molar-refractivity contribution in [2.75, 3.05) is 0 Å². The van der Waals surface area contributed by atoms with Gasteiger partial charge in [-0.3, -0.25) is 0 Å². The molecule has 1 nitrogen and oxygen atoms in total. The van der Waals surface area contributed by atoms with E-state index < -0.39 is 35.2 Å². The Morgan fingerprint density at radius 2 is 1.30 bits per heavy atom. The molecule has 3 saturated carbocycles. The smallest absolute Gasteiger partial charge is 0.400 e. The molecule has 3 aliphatic rings. The second kappa shape index (κ2) is 14.1. The minimum atomic E-state index is -3.69. The van der Waals surface area contributed by atoms with E-state index in [0.29, 0.717) is 36.5 Å². The quantitative estimate of drug-likeness (QED) is 0.113. The molecule has 5 rings (SSSR count). The fourth-order valence-corrected chi connectivity index (χ4v) is 8.12. The van der Waals surface area contributed by atoms with E-state index in [2.05, 4.69) is 11.3 Å². The predicted molar refractivity (Wildman–Crippen MR) is 157 cm³/mol. The van der Waals surface area contributed by atoms with E-state index in [1.54, 1.807) is 6.07 Å². The third kappa shape index (κ3) is 7.81. The van der Waals surface area contributed by atoms with Gasteiger partial charge in [0, 0.05) is 12.1 Å². The van der Waals surface area contributed by atoms with Gasteiger partial charge in [-0.25, -0.2) is 17.6 Å². The molecule has 2 aromatic carbocycles. The average molecular weight is 607 g/mol. The zero-order chi connectivity index (χ0) is 30.6. The van der Waals surface area contributed by atoms with Crippen LogP contribution >= 0.6 is 0 Å². The molecule has 3 aliphatic carbocycles. The van der Waals surface area contributed by atoms with Crippen LogP contribution in [0.25, 0.3) is 0 Å². The lowest BCUT2D eigenvalue weighted by molar-refractivity contribution is -0.222. The molecule has 236 valence electrons. The van der Waals surface area contributed by atoms with Gasteiger partial charge in [0.15, 0.2) is 17.5 Å². The average Bonchev–Trinajstić information content (AvgIpc) is 3.00. The number of benzene rings is 2. The van der Waals surface area contributed by atoms with E-state index in [4.69, 9.17) is 0 Å². The highest BCUT2D eigenvalue weighted by Gasteiger charge is 2.44. The third-order valence-corrected chi connectivity index (χ3v) is 10.7. The molecule has 0 unspecified atom stereocenters. The molecule has 0 aliphatic heterocycles. The minimum absolute atomic E-state index is 0.0752. The molecule has 0 saturated heterocycles. The van der Waals surface area contributed by atoms with Gasteiger partial charge in [-0.2, -0.15) is 8.78 Å². The van der Waals surface area contributed by atoms with Crippen molar-refractivity contribution in [3.63, 3.8) is 0 Å². The molecule has 0 heterocycles. The third-order valence-electron chi connectivity index (χ3n) is 10.7. The van der Waals surface area contributed by atoms with Crippen molar-refractivity contribution in [1.29, 1.82) is 0 Å². The van der Waals surface area contributed by atoms with Gasteiger partial charge in [-0.1, -0.05) is 37.5 Å². The maximum absolute atomic E-state index is 15.4. The summed E-state index contributed by atoms with van der Waals surface area (Å²) in [6.45, 7) is 3.83. The fourth-order valence-electron chi connectivity index (χ4n) is 8.12. The van der Waals surface area contributed by atoms with Crippen LogP contribution in [0.4, 0.5) is 26.3 Å². The highest BCUT2D eigenvalue weighted by molar-refractivity contribution is 5.30. The molecular weight excluding hydrogens is 562 g/mol. The molecule has 0 N–H and O–H groups in total. The summed E-state index contributed by atoms with van der Waals surface area (Å²) in [6.07, 6.45) is 12.9. The number of halogens is 6. The van der Waals surface area contributed by atoms with Crippen LogP contribution in [0.5, 0.6) is 5.75 Å². The Kier molecular flexibility index (Phi) is 10.5. The van der Waals surface area contributed by atoms with Crippen LogP contribution in [0, 0.1) is 46.9 Å². The van der Waals surface area contributed by atoms with Crippen LogP contribution in [0.2, 0.25) is 0 Å². The maximum Gasteiger partial charge on any atom is 0.400 e. The number of hydrogen-bond donors (Lipinski definition) is 0. The first kappa shape index (κ1) is 32.0. The summed E-state index contributed by atoms with van der Waals surface area (Å²) < 4.78 is 89.7. The molecule has 0 amide bonds. The topological polar surface area (TPSA) is 9.23 Å². The zero-order valence-corrected chi connectivity index (χ0v) is 24.9. The molecule has 2 aromatic rings. The largest absolute Gasteiger partial charge is 0.432 e. The maximum atomic E-state index is 15.4. The standard InChI is InChI=1S/C36H44F6O/c1-2-3-4-5-23-6-8-24(9-7-23)25-10-12-26(13-11-25)28-16-19-31(32(37)20-28)27-14-17-29(18-15-27)36(41,42)43-30-21-33(38)35(40)34(39)22-30/h2,16,19-27,29H,1,3-15,17-18H2. The zero-order valence-electron chi connectivity index (χ0n) is 24.9. The lowest BCUT2D eigenvalue weighted by atomic mass is 9.68. The number of unbranched alkanes of at least 4 members (excludes halogenated alkanes) is 1. The number of allylic oxidation sites excluding steroid dienone is 1. The first-order valence-corrected chi connectivity index (χ1v) is 16.3. The van der Waals surface area contributed by atoms with Crippen LogP contribution in [-0.4, -0.2) is 6.11 Å². The molecular formula is C36H44F6O. The van der Waals surface area contributed by atoms with E-state index >= 15 is 4.39 Å². The first-order valence-electron chi connectivity index (χ1n) is 16.3. The van der Waals surface area contributed by atoms with E-state index in [-0.39, 0.29) is 24.6 Å². The van der Waals surface area contributed by atoms with E-state index in [1.165, 1.54) is 51.4 Å². The summed E-state index contributed by atoms with van der Waals surface area (Å²) in [6, 6.07) is 6.36. The summed E-state index contributed by atoms with van der Waals surface area (Å²) in [7, 11) is 0. The normalized spacial score (nSPS) is 28.4. The molecule has 0 radical (unpaired) electrons. The number of hydrogen-bond acceptors (Lipinski definition) is 1. The molecule has 0 spiro atoms. The van der Waals surface area contributed by atoms with Gasteiger partial charge in [0.25, 0.3) is 0 Å². The van der Waals surface area contributed by atoms with Gasteiger partial charge in [0.1, 0.15) is 11.6 Å². The second-order valence-electron chi connectivity index (χ2n) is 13.3. The summed E-state index contributed by atoms with van der Waals surface area (Å²) >= 11 is 0. The Balaban J connectivity index is 1.09. The number of alkyl halides is 2. The van der Waals surface area contributed by atoms with Crippen molar-refractivity contribution in [2.45, 2.75) is 114 Å². The first-order chi connectivity index (χ1) is 20.6. The van der Waals surface area contributed by atoms with Crippen molar-refractivity contribution in [2.24, 2.45) is 23.7 Å². The van der Waals surface area contributed by atoms with Gasteiger partial charge in [0.05, 0.1) is 5.92 Å². The molecule has 7 heteroatoms. The SMILES string of the molecule is C=CCCCC1CCC(C2CCC(c3ccc(C4CCC(C(F)(F)Oc5cc(F)c(F)c(F)c5)CC4)c(F)c3)CC2)CC1. The van der Waals surface area contributed by atoms with Gasteiger partial charge in [-0.05, 0) is 124 Å². The lowest BCUT2D eigenvalue weighted by Gasteiger charge is -2.38. The van der Waals surface area contributed by atoms with Crippen LogP contribution in [-0.2, 0) is 0 Å². The van der Waals surface area contributed by atoms with Crippen molar-refractivity contribution in [3.8, 4) is 5.75 Å². The monoisotopic (exact) mass is 606 g/mol. The lowest BCUT2D eigenvalue weighted by Crippen LogP contribution is -2.37. The fraction of sp³-hybridized carbons (Fsp3) is 0.611. The van der Waals surface area contributed by atoms with Gasteiger partial charge in [0.2, 0.25) is 0 Å². The Morgan fingerprint density at radius 1 is 0.721 bits per heavy atom. The van der Waals surface area contributed by atoms with Crippen LogP contribution < -0.4 is 4.74 Å². The summed E-state index contributed by atoms with van der Waals surface area (Å²) in [4.78, 5) is 0. The van der Waals surface area contributed by atoms with E-state index in [1.807, 2.05) is 18.2 Å². The van der Waals surface area contributed by atoms with Crippen molar-refractivity contribution in [1.82, 2.24) is 0 Å². The van der Waals surface area contributed by atoms with Gasteiger partial charge >= 0.3 is 6.11 Å². The van der Waals surface area contributed by atoms with Crippen molar-refractivity contribution >= 4 is 0 Å². The molecule has 3 fully saturated rings. The Morgan fingerprint density at radius 3 is 1.88 bits per heavy atom. The molecule has 0 bridgehead atoms. The highest BCUT2D eigenvalue weighted by atomic mass is 19.3. The Labute approximate surface area is 252 Å². The highest BCUT2D eigenvalue weighted by Crippen LogP contribution is 2.47. The number of rotatable bonds is 10. The Hall–Kier alpha value is -2.44. The summed E-state index contributed by atoms with van der Waals surface area (Å²) in [5, 5.41) is 0. The molecule has 0 atom stereocenters. The van der Waals surface area contributed by atoms with Crippen LogP contribution in [0.3, 0.4) is 0 Å². The van der Waals surface area contributed by atoms with Crippen molar-refractivity contribution < 1.29 is 31.1 Å². The van der Waals surface area contributed by atoms with Gasteiger partial charge in [-0.15, -0.1) is 6.58 Å². The number of ether oxygens (including phenoxy) is 1. The summed E-state index contributed by atoms with van der Waals surface area (Å²) in [5.74, 6) is -4.44. The second-order valence-corrected chi connectivity index (χ2v) is 13.3. The predicted octanol–water partition coefficient (Wildman–Crippen LogP) is 11.6. The minimum Gasteiger partial charge on any atom is -0.432 e. The van der Waals surface area contributed by atoms with E-state index in [9.17, 15) is 22.0 Å². The van der Waals surface area contributed by atoms with Gasteiger partial charge < -0.3 is 4.74 Å². The molecule has 43 heavy (non-hydrogen) atoms. The van der Waals surface area contributed by atoms with Crippen LogP contribution in [0.15, 0.2) is 43.0 Å². The Bertz CT molecular complexity index is 1200. The van der Waals surface area contributed by atoms with Crippen molar-refractivity contribution in [3.05, 3.63) is 77.4 Å².